The molecule has 0 aromatic carbocycles. The lowest BCUT2D eigenvalue weighted by Crippen LogP contribution is -2.27. The predicted molar refractivity (Wildman–Crippen MR) is 85.4 cm³/mol. The smallest absolute Gasteiger partial charge is 0.155 e. The van der Waals surface area contributed by atoms with E-state index in [1.165, 1.54) is 30.5 Å². The topological polar surface area (TPSA) is 42.2 Å². The molecule has 1 aliphatic rings. The largest absolute Gasteiger partial charge is 0.310 e. The van der Waals surface area contributed by atoms with Crippen LogP contribution in [0.5, 0.6) is 0 Å². The first-order chi connectivity index (χ1) is 10.1. The molecule has 3 rings (SSSR count). The molecule has 1 saturated carbocycles. The molecule has 2 heterocycles. The molecule has 4 heteroatoms. The van der Waals surface area contributed by atoms with Gasteiger partial charge in [0.05, 0.1) is 5.69 Å². The Kier molecular flexibility index (Phi) is 3.98. The summed E-state index contributed by atoms with van der Waals surface area (Å²) in [4.78, 5) is 4.54. The number of nitrogens with one attached hydrogen (secondary N) is 1. The van der Waals surface area contributed by atoms with Crippen molar-refractivity contribution < 1.29 is 0 Å². The number of hydrogen-bond acceptors (Lipinski definition) is 3. The van der Waals surface area contributed by atoms with E-state index in [1.54, 1.807) is 0 Å². The zero-order chi connectivity index (χ0) is 15.0. The predicted octanol–water partition coefficient (Wildman–Crippen LogP) is 3.43. The SMILES string of the molecule is Cc1cc2ncc(C(C)NCC3CCCC3C)c(C)n2n1. The van der Waals surface area contributed by atoms with Crippen molar-refractivity contribution in [3.63, 3.8) is 0 Å². The highest BCUT2D eigenvalue weighted by atomic mass is 15.3. The third-order valence-corrected chi connectivity index (χ3v) is 5.08. The van der Waals surface area contributed by atoms with E-state index in [0.29, 0.717) is 6.04 Å². The third kappa shape index (κ3) is 2.82. The highest BCUT2D eigenvalue weighted by molar-refractivity contribution is 5.42. The Hall–Kier alpha value is -1.42. The number of aryl methyl sites for hydroxylation is 2. The van der Waals surface area contributed by atoms with Crippen LogP contribution in [0, 0.1) is 25.7 Å². The van der Waals surface area contributed by atoms with Crippen molar-refractivity contribution in [1.29, 1.82) is 0 Å². The van der Waals surface area contributed by atoms with Gasteiger partial charge in [-0.15, -0.1) is 0 Å². The summed E-state index contributed by atoms with van der Waals surface area (Å²) in [7, 11) is 0. The average Bonchev–Trinajstić information content (AvgIpc) is 3.02. The van der Waals surface area contributed by atoms with Crippen molar-refractivity contribution >= 4 is 5.65 Å². The van der Waals surface area contributed by atoms with E-state index in [9.17, 15) is 0 Å². The van der Waals surface area contributed by atoms with Crippen LogP contribution in [0.3, 0.4) is 0 Å². The lowest BCUT2D eigenvalue weighted by atomic mass is 9.97. The fourth-order valence-corrected chi connectivity index (χ4v) is 3.56. The molecular formula is C17H26N4. The fourth-order valence-electron chi connectivity index (χ4n) is 3.56. The van der Waals surface area contributed by atoms with Crippen molar-refractivity contribution in [2.45, 2.75) is 53.0 Å². The first kappa shape index (κ1) is 14.5. The summed E-state index contributed by atoms with van der Waals surface area (Å²) < 4.78 is 1.96. The second-order valence-electron chi connectivity index (χ2n) is 6.65. The molecule has 0 saturated heterocycles. The molecule has 0 spiro atoms. The number of aromatic nitrogens is 3. The maximum Gasteiger partial charge on any atom is 0.155 e. The Bertz CT molecular complexity index is 631. The molecule has 1 fully saturated rings. The summed E-state index contributed by atoms with van der Waals surface area (Å²) >= 11 is 0. The van der Waals surface area contributed by atoms with Crippen LogP contribution >= 0.6 is 0 Å². The van der Waals surface area contributed by atoms with Crippen molar-refractivity contribution in [3.05, 3.63) is 29.2 Å². The Balaban J connectivity index is 1.74. The van der Waals surface area contributed by atoms with E-state index in [1.807, 2.05) is 23.7 Å². The van der Waals surface area contributed by atoms with E-state index in [-0.39, 0.29) is 0 Å². The molecule has 2 aromatic heterocycles. The Labute approximate surface area is 127 Å². The highest BCUT2D eigenvalue weighted by Gasteiger charge is 2.24. The van der Waals surface area contributed by atoms with Gasteiger partial charge in [0, 0.05) is 29.6 Å². The van der Waals surface area contributed by atoms with Crippen LogP contribution in [0.1, 0.15) is 56.1 Å². The second kappa shape index (κ2) is 5.76. The second-order valence-corrected chi connectivity index (χ2v) is 6.65. The van der Waals surface area contributed by atoms with Gasteiger partial charge in [-0.3, -0.25) is 0 Å². The van der Waals surface area contributed by atoms with Gasteiger partial charge in [-0.05, 0) is 45.6 Å². The molecule has 0 radical (unpaired) electrons. The van der Waals surface area contributed by atoms with E-state index in [4.69, 9.17) is 0 Å². The summed E-state index contributed by atoms with van der Waals surface area (Å²) in [5.74, 6) is 1.69. The zero-order valence-corrected chi connectivity index (χ0v) is 13.6. The minimum absolute atomic E-state index is 0.319. The van der Waals surface area contributed by atoms with Crippen LogP contribution in [-0.4, -0.2) is 21.1 Å². The van der Waals surface area contributed by atoms with Gasteiger partial charge in [0.2, 0.25) is 0 Å². The van der Waals surface area contributed by atoms with Gasteiger partial charge >= 0.3 is 0 Å². The summed E-state index contributed by atoms with van der Waals surface area (Å²) in [6.07, 6.45) is 6.15. The monoisotopic (exact) mass is 286 g/mol. The van der Waals surface area contributed by atoms with Crippen molar-refractivity contribution in [2.75, 3.05) is 6.54 Å². The van der Waals surface area contributed by atoms with Gasteiger partial charge in [-0.2, -0.15) is 5.10 Å². The first-order valence-electron chi connectivity index (χ1n) is 8.11. The zero-order valence-electron chi connectivity index (χ0n) is 13.6. The summed E-state index contributed by atoms with van der Waals surface area (Å²) in [6, 6.07) is 2.34. The van der Waals surface area contributed by atoms with E-state index in [0.717, 1.165) is 29.7 Å². The van der Waals surface area contributed by atoms with Crippen LogP contribution in [0.4, 0.5) is 0 Å². The number of nitrogens with zero attached hydrogens (tertiary/aromatic N) is 3. The molecular weight excluding hydrogens is 260 g/mol. The van der Waals surface area contributed by atoms with E-state index >= 15 is 0 Å². The van der Waals surface area contributed by atoms with Gasteiger partial charge in [0.15, 0.2) is 5.65 Å². The molecule has 0 aliphatic heterocycles. The Morgan fingerprint density at radius 2 is 2.19 bits per heavy atom. The molecule has 4 nitrogen and oxygen atoms in total. The maximum absolute atomic E-state index is 4.54. The van der Waals surface area contributed by atoms with Crippen LogP contribution in [0.15, 0.2) is 12.3 Å². The van der Waals surface area contributed by atoms with Gasteiger partial charge in [0.25, 0.3) is 0 Å². The van der Waals surface area contributed by atoms with Crippen molar-refractivity contribution in [3.8, 4) is 0 Å². The van der Waals surface area contributed by atoms with Crippen LogP contribution < -0.4 is 5.32 Å². The molecule has 0 amide bonds. The van der Waals surface area contributed by atoms with E-state index < -0.39 is 0 Å². The standard InChI is InChI=1S/C17H26N4/c1-11-6-5-7-15(11)9-18-13(3)16-10-19-17-8-12(2)20-21(17)14(16)4/h8,10-11,13,15,18H,5-7,9H2,1-4H3. The molecule has 1 N–H and O–H groups in total. The molecule has 3 unspecified atom stereocenters. The lowest BCUT2D eigenvalue weighted by molar-refractivity contribution is 0.374. The van der Waals surface area contributed by atoms with Crippen LogP contribution in [0.25, 0.3) is 5.65 Å². The third-order valence-electron chi connectivity index (χ3n) is 5.08. The van der Waals surface area contributed by atoms with Gasteiger partial charge < -0.3 is 5.32 Å². The number of fused-ring (bicyclic) bond motifs is 1. The molecule has 0 bridgehead atoms. The molecule has 114 valence electrons. The summed E-state index contributed by atoms with van der Waals surface area (Å²) in [5, 5.41) is 8.23. The maximum atomic E-state index is 4.54. The Morgan fingerprint density at radius 3 is 2.90 bits per heavy atom. The lowest BCUT2D eigenvalue weighted by Gasteiger charge is -2.21. The minimum atomic E-state index is 0.319. The molecule has 21 heavy (non-hydrogen) atoms. The normalized spacial score (nSPS) is 23.8. The molecule has 3 atom stereocenters. The van der Waals surface area contributed by atoms with Crippen molar-refractivity contribution in [2.24, 2.45) is 11.8 Å². The van der Waals surface area contributed by atoms with Gasteiger partial charge in [-0.1, -0.05) is 19.8 Å². The van der Waals surface area contributed by atoms with Gasteiger partial charge in [0.1, 0.15) is 0 Å². The number of hydrogen-bond donors (Lipinski definition) is 1. The van der Waals surface area contributed by atoms with Gasteiger partial charge in [-0.25, -0.2) is 9.50 Å². The number of rotatable bonds is 4. The quantitative estimate of drug-likeness (QED) is 0.936. The average molecular weight is 286 g/mol. The van der Waals surface area contributed by atoms with Crippen molar-refractivity contribution in [1.82, 2.24) is 19.9 Å². The summed E-state index contributed by atoms with van der Waals surface area (Å²) in [6.45, 7) is 9.86. The summed E-state index contributed by atoms with van der Waals surface area (Å²) in [5.41, 5.74) is 4.39. The fraction of sp³-hybridized carbons (Fsp3) is 0.647. The molecule has 1 aliphatic carbocycles. The molecule has 2 aromatic rings. The van der Waals surface area contributed by atoms with Crippen LogP contribution in [-0.2, 0) is 0 Å². The Morgan fingerprint density at radius 1 is 1.38 bits per heavy atom. The first-order valence-corrected chi connectivity index (χ1v) is 8.11. The highest BCUT2D eigenvalue weighted by Crippen LogP contribution is 2.31. The van der Waals surface area contributed by atoms with E-state index in [2.05, 4.69) is 36.2 Å². The minimum Gasteiger partial charge on any atom is -0.310 e. The van der Waals surface area contributed by atoms with Crippen LogP contribution in [0.2, 0.25) is 0 Å².